The second-order valence-electron chi connectivity index (χ2n) is 14.8. The lowest BCUT2D eigenvalue weighted by molar-refractivity contribution is 0.669. The van der Waals surface area contributed by atoms with Gasteiger partial charge in [-0.05, 0) is 119 Å². The Bertz CT molecular complexity index is 3490. The number of hydrogen-bond donors (Lipinski definition) is 0. The van der Waals surface area contributed by atoms with Gasteiger partial charge in [-0.1, -0.05) is 152 Å². The molecule has 0 aliphatic heterocycles. The molecule has 0 bridgehead atoms. The van der Waals surface area contributed by atoms with Crippen molar-refractivity contribution in [2.24, 2.45) is 0 Å². The molecule has 0 aliphatic rings. The number of furan rings is 2. The molecule has 2 nitrogen and oxygen atoms in total. The van der Waals surface area contributed by atoms with Crippen LogP contribution in [0, 0.1) is 0 Å². The standard InChI is InChI=1S/C54H32O2/c1-2-14-34-32-50-46(31-33(34)13-1)54-40(25-12-28-49(54)56-50)36-16-10-18-38(30-36)52-43-21-5-3-19-41(43)51(42-20-4-6-22-44(42)52)37-17-9-15-35(29-37)39-24-11-27-48-53(39)45-23-7-8-26-47(45)55-48/h1-32H. The smallest absolute Gasteiger partial charge is 0.136 e. The normalized spacial score (nSPS) is 11.9. The first-order valence-electron chi connectivity index (χ1n) is 19.2. The highest BCUT2D eigenvalue weighted by Gasteiger charge is 2.20. The minimum atomic E-state index is 0.901. The average Bonchev–Trinajstić information content (AvgIpc) is 3.83. The molecular formula is C54H32O2. The van der Waals surface area contributed by atoms with Crippen LogP contribution in [0.4, 0.5) is 0 Å². The third kappa shape index (κ3) is 4.63. The van der Waals surface area contributed by atoms with Gasteiger partial charge in [-0.2, -0.15) is 0 Å². The number of benzene rings is 10. The molecule has 0 amide bonds. The second-order valence-corrected chi connectivity index (χ2v) is 14.8. The van der Waals surface area contributed by atoms with E-state index in [1.165, 1.54) is 71.3 Å². The van der Waals surface area contributed by atoms with Gasteiger partial charge in [0.05, 0.1) is 0 Å². The Morgan fingerprint density at radius 1 is 0.250 bits per heavy atom. The first kappa shape index (κ1) is 31.0. The summed E-state index contributed by atoms with van der Waals surface area (Å²) in [4.78, 5) is 0. The van der Waals surface area contributed by atoms with Crippen molar-refractivity contribution in [3.63, 3.8) is 0 Å². The SMILES string of the molecule is c1cc(-c2c3ccccc3c(-c3cccc(-c4cccc5oc6cc7ccccc7cc6c45)c3)c3ccccc23)cc(-c2cccc3oc4ccccc4c23)c1. The molecule has 0 saturated heterocycles. The van der Waals surface area contributed by atoms with E-state index in [-0.39, 0.29) is 0 Å². The maximum absolute atomic E-state index is 6.48. The maximum atomic E-state index is 6.48. The van der Waals surface area contributed by atoms with E-state index in [1.807, 2.05) is 12.1 Å². The lowest BCUT2D eigenvalue weighted by Crippen LogP contribution is -1.91. The first-order chi connectivity index (χ1) is 27.8. The summed E-state index contributed by atoms with van der Waals surface area (Å²) in [6, 6.07) is 69.9. The molecule has 0 spiro atoms. The Morgan fingerprint density at radius 2 is 0.661 bits per heavy atom. The number of rotatable bonds is 4. The van der Waals surface area contributed by atoms with Crippen molar-refractivity contribution < 1.29 is 8.83 Å². The van der Waals surface area contributed by atoms with Crippen LogP contribution in [0.25, 0.3) is 121 Å². The summed E-state index contributed by atoms with van der Waals surface area (Å²) < 4.78 is 12.8. The van der Waals surface area contributed by atoms with Crippen LogP contribution in [-0.4, -0.2) is 0 Å². The fourth-order valence-electron chi connectivity index (χ4n) is 9.20. The summed E-state index contributed by atoms with van der Waals surface area (Å²) >= 11 is 0. The van der Waals surface area contributed by atoms with Crippen LogP contribution >= 0.6 is 0 Å². The van der Waals surface area contributed by atoms with Crippen LogP contribution in [0.1, 0.15) is 0 Å². The van der Waals surface area contributed by atoms with Crippen LogP contribution in [0.15, 0.2) is 203 Å². The fraction of sp³-hybridized carbons (Fsp3) is 0. The fourth-order valence-corrected chi connectivity index (χ4v) is 9.20. The minimum Gasteiger partial charge on any atom is -0.456 e. The Kier molecular flexibility index (Phi) is 6.66. The molecule has 0 unspecified atom stereocenters. The highest BCUT2D eigenvalue weighted by atomic mass is 16.3. The number of para-hydroxylation sites is 1. The van der Waals surface area contributed by atoms with Crippen molar-refractivity contribution >= 4 is 76.2 Å². The van der Waals surface area contributed by atoms with Crippen molar-refractivity contribution in [1.82, 2.24) is 0 Å². The maximum Gasteiger partial charge on any atom is 0.136 e. The lowest BCUT2D eigenvalue weighted by atomic mass is 9.84. The van der Waals surface area contributed by atoms with Gasteiger partial charge in [-0.25, -0.2) is 0 Å². The molecule has 0 saturated carbocycles. The minimum absolute atomic E-state index is 0.901. The highest BCUT2D eigenvalue weighted by Crippen LogP contribution is 2.46. The van der Waals surface area contributed by atoms with Crippen LogP contribution in [-0.2, 0) is 0 Å². The van der Waals surface area contributed by atoms with Crippen LogP contribution in [0.2, 0.25) is 0 Å². The predicted molar refractivity (Wildman–Crippen MR) is 235 cm³/mol. The van der Waals surface area contributed by atoms with Gasteiger partial charge in [0.2, 0.25) is 0 Å². The molecule has 10 aromatic carbocycles. The van der Waals surface area contributed by atoms with E-state index in [2.05, 4.69) is 182 Å². The van der Waals surface area contributed by atoms with Gasteiger partial charge < -0.3 is 8.83 Å². The van der Waals surface area contributed by atoms with Crippen molar-refractivity contribution in [2.45, 2.75) is 0 Å². The zero-order chi connectivity index (χ0) is 36.7. The van der Waals surface area contributed by atoms with E-state index in [0.717, 1.165) is 49.4 Å². The molecule has 12 rings (SSSR count). The average molecular weight is 713 g/mol. The molecule has 0 fully saturated rings. The monoisotopic (exact) mass is 712 g/mol. The van der Waals surface area contributed by atoms with Crippen molar-refractivity contribution in [3.8, 4) is 44.5 Å². The van der Waals surface area contributed by atoms with Gasteiger partial charge in [0.1, 0.15) is 22.3 Å². The molecule has 0 atom stereocenters. The summed E-state index contributed by atoms with van der Waals surface area (Å²) in [7, 11) is 0. The summed E-state index contributed by atoms with van der Waals surface area (Å²) in [6.07, 6.45) is 0. The molecule has 2 aromatic heterocycles. The molecule has 0 radical (unpaired) electrons. The van der Waals surface area contributed by atoms with Gasteiger partial charge in [0, 0.05) is 21.5 Å². The van der Waals surface area contributed by atoms with E-state index in [9.17, 15) is 0 Å². The van der Waals surface area contributed by atoms with Crippen LogP contribution < -0.4 is 0 Å². The Balaban J connectivity index is 1.06. The molecule has 260 valence electrons. The zero-order valence-corrected chi connectivity index (χ0v) is 30.3. The van der Waals surface area contributed by atoms with Gasteiger partial charge in [0.25, 0.3) is 0 Å². The van der Waals surface area contributed by atoms with Crippen LogP contribution in [0.3, 0.4) is 0 Å². The van der Waals surface area contributed by atoms with Gasteiger partial charge in [-0.15, -0.1) is 0 Å². The largest absolute Gasteiger partial charge is 0.456 e. The van der Waals surface area contributed by atoms with E-state index in [0.29, 0.717) is 0 Å². The molecule has 56 heavy (non-hydrogen) atoms. The number of hydrogen-bond acceptors (Lipinski definition) is 2. The summed E-state index contributed by atoms with van der Waals surface area (Å²) in [5.41, 5.74) is 13.1. The molecular weight excluding hydrogens is 681 g/mol. The Labute approximate surface area is 322 Å². The van der Waals surface area contributed by atoms with Gasteiger partial charge in [0.15, 0.2) is 0 Å². The van der Waals surface area contributed by atoms with Crippen molar-refractivity contribution in [2.75, 3.05) is 0 Å². The predicted octanol–water partition coefficient (Wildman–Crippen LogP) is 15.6. The van der Waals surface area contributed by atoms with Gasteiger partial charge >= 0.3 is 0 Å². The zero-order valence-electron chi connectivity index (χ0n) is 30.3. The second kappa shape index (κ2) is 12.0. The van der Waals surface area contributed by atoms with E-state index >= 15 is 0 Å². The van der Waals surface area contributed by atoms with E-state index in [1.54, 1.807) is 0 Å². The summed E-state index contributed by atoms with van der Waals surface area (Å²) in [5.74, 6) is 0. The lowest BCUT2D eigenvalue weighted by Gasteiger charge is -2.19. The first-order valence-corrected chi connectivity index (χ1v) is 19.2. The molecule has 12 aromatic rings. The Hall–Kier alpha value is -7.42. The van der Waals surface area contributed by atoms with Crippen LogP contribution in [0.5, 0.6) is 0 Å². The quantitative estimate of drug-likeness (QED) is 0.170. The third-order valence-corrected chi connectivity index (χ3v) is 11.6. The van der Waals surface area contributed by atoms with Gasteiger partial charge in [-0.3, -0.25) is 0 Å². The van der Waals surface area contributed by atoms with Crippen molar-refractivity contribution in [1.29, 1.82) is 0 Å². The highest BCUT2D eigenvalue weighted by molar-refractivity contribution is 6.22. The topological polar surface area (TPSA) is 26.3 Å². The molecule has 2 heteroatoms. The van der Waals surface area contributed by atoms with E-state index in [4.69, 9.17) is 8.83 Å². The molecule has 0 aliphatic carbocycles. The van der Waals surface area contributed by atoms with Crippen molar-refractivity contribution in [3.05, 3.63) is 194 Å². The summed E-state index contributed by atoms with van der Waals surface area (Å²) in [6.45, 7) is 0. The Morgan fingerprint density at radius 3 is 1.23 bits per heavy atom. The molecule has 0 N–H and O–H groups in total. The third-order valence-electron chi connectivity index (χ3n) is 11.6. The summed E-state index contributed by atoms with van der Waals surface area (Å²) in [5, 5.41) is 11.9. The van der Waals surface area contributed by atoms with E-state index < -0.39 is 0 Å². The number of fused-ring (bicyclic) bond motifs is 9. The molecule has 2 heterocycles.